The molecule has 2 rings (SSSR count). The third-order valence-corrected chi connectivity index (χ3v) is 4.28. The van der Waals surface area contributed by atoms with Crippen molar-refractivity contribution in [2.45, 2.75) is 33.6 Å². The topological polar surface area (TPSA) is 65.5 Å². The molecular weight excluding hydrogens is 355 g/mol. The Bertz CT molecular complexity index is 803. The lowest BCUT2D eigenvalue weighted by Crippen LogP contribution is -2.38. The van der Waals surface area contributed by atoms with Crippen LogP contribution in [0.1, 0.15) is 30.5 Å². The highest BCUT2D eigenvalue weighted by atomic mass is 19.1. The molecule has 0 atom stereocenters. The van der Waals surface area contributed by atoms with Crippen LogP contribution in [0.15, 0.2) is 47.5 Å². The summed E-state index contributed by atoms with van der Waals surface area (Å²) in [6.45, 7) is 7.61. The molecule has 28 heavy (non-hydrogen) atoms. The van der Waals surface area contributed by atoms with Gasteiger partial charge in [-0.2, -0.15) is 0 Å². The van der Waals surface area contributed by atoms with Crippen molar-refractivity contribution < 1.29 is 9.18 Å². The van der Waals surface area contributed by atoms with Crippen molar-refractivity contribution in [1.82, 2.24) is 10.6 Å². The maximum absolute atomic E-state index is 13.2. The van der Waals surface area contributed by atoms with Crippen molar-refractivity contribution in [3.8, 4) is 0 Å². The van der Waals surface area contributed by atoms with Crippen LogP contribution in [0.2, 0.25) is 0 Å². The second-order valence-electron chi connectivity index (χ2n) is 6.64. The van der Waals surface area contributed by atoms with Crippen LogP contribution in [0.4, 0.5) is 10.1 Å². The maximum Gasteiger partial charge on any atom is 0.221 e. The molecule has 0 bridgehead atoms. The molecule has 0 aliphatic carbocycles. The van der Waals surface area contributed by atoms with Gasteiger partial charge in [0.2, 0.25) is 5.91 Å². The van der Waals surface area contributed by atoms with Crippen LogP contribution < -0.4 is 16.0 Å². The van der Waals surface area contributed by atoms with E-state index in [1.165, 1.54) is 18.6 Å². The number of nitrogens with one attached hydrogen (secondary N) is 3. The molecule has 0 aliphatic heterocycles. The molecule has 0 radical (unpaired) electrons. The van der Waals surface area contributed by atoms with Gasteiger partial charge in [-0.25, -0.2) is 4.39 Å². The summed E-state index contributed by atoms with van der Waals surface area (Å²) in [6.07, 6.45) is 1.62. The number of aliphatic imine (C=N–C) groups is 1. The summed E-state index contributed by atoms with van der Waals surface area (Å²) in [5, 5.41) is 9.34. The summed E-state index contributed by atoms with van der Waals surface area (Å²) in [6, 6.07) is 12.7. The van der Waals surface area contributed by atoms with Gasteiger partial charge in [-0.05, 0) is 67.6 Å². The van der Waals surface area contributed by atoms with E-state index in [1.54, 1.807) is 6.07 Å². The number of nitrogens with zero attached hydrogens (tertiary/aromatic N) is 1. The normalized spacial score (nSPS) is 11.2. The van der Waals surface area contributed by atoms with Crippen molar-refractivity contribution in [3.05, 3.63) is 65.0 Å². The molecular formula is C22H29FN4O. The molecule has 0 heterocycles. The average molecular weight is 384 g/mol. The first-order chi connectivity index (χ1) is 13.5. The molecule has 150 valence electrons. The molecule has 6 heteroatoms. The lowest BCUT2D eigenvalue weighted by Gasteiger charge is -2.12. The minimum atomic E-state index is -0.204. The number of guanidine groups is 1. The minimum Gasteiger partial charge on any atom is -0.357 e. The summed E-state index contributed by atoms with van der Waals surface area (Å²) in [5.74, 6) is 0.499. The van der Waals surface area contributed by atoms with Crippen LogP contribution in [-0.2, 0) is 17.6 Å². The van der Waals surface area contributed by atoms with Crippen molar-refractivity contribution in [3.63, 3.8) is 0 Å². The highest BCUT2D eigenvalue weighted by Gasteiger charge is 2.02. The van der Waals surface area contributed by atoms with Gasteiger partial charge in [0.25, 0.3) is 0 Å². The molecule has 3 N–H and O–H groups in total. The van der Waals surface area contributed by atoms with Gasteiger partial charge in [0.05, 0.1) is 0 Å². The minimum absolute atomic E-state index is 0.0725. The fourth-order valence-corrected chi connectivity index (χ4v) is 2.85. The van der Waals surface area contributed by atoms with E-state index < -0.39 is 0 Å². The van der Waals surface area contributed by atoms with Gasteiger partial charge in [-0.1, -0.05) is 18.2 Å². The Morgan fingerprint density at radius 1 is 1.07 bits per heavy atom. The standard InChI is InChI=1S/C22H29FN4O/c1-4-24-22(26-14-12-19-7-8-20(23)15-16(19)2)25-13-11-18-5-9-21(10-6-18)27-17(3)28/h5-10,15H,4,11-14H2,1-3H3,(H,27,28)(H2,24,25,26). The van der Waals surface area contributed by atoms with E-state index in [-0.39, 0.29) is 11.7 Å². The van der Waals surface area contributed by atoms with E-state index in [2.05, 4.69) is 20.9 Å². The Morgan fingerprint density at radius 3 is 2.46 bits per heavy atom. The molecule has 0 saturated heterocycles. The quantitative estimate of drug-likeness (QED) is 0.483. The Labute approximate surface area is 166 Å². The first-order valence-electron chi connectivity index (χ1n) is 9.61. The molecule has 0 fully saturated rings. The number of rotatable bonds is 8. The number of aryl methyl sites for hydroxylation is 1. The number of anilines is 1. The van der Waals surface area contributed by atoms with E-state index in [9.17, 15) is 9.18 Å². The Kier molecular flexibility index (Phi) is 8.46. The lowest BCUT2D eigenvalue weighted by molar-refractivity contribution is -0.114. The zero-order valence-corrected chi connectivity index (χ0v) is 16.8. The second-order valence-corrected chi connectivity index (χ2v) is 6.64. The van der Waals surface area contributed by atoms with Gasteiger partial charge in [-0.15, -0.1) is 0 Å². The van der Waals surface area contributed by atoms with Crippen LogP contribution in [0, 0.1) is 12.7 Å². The number of hydrogen-bond acceptors (Lipinski definition) is 2. The number of carbonyl (C=O) groups excluding carboxylic acids is 1. The third-order valence-electron chi connectivity index (χ3n) is 4.28. The molecule has 0 saturated carbocycles. The third kappa shape index (κ3) is 7.39. The largest absolute Gasteiger partial charge is 0.357 e. The van der Waals surface area contributed by atoms with Crippen molar-refractivity contribution in [2.75, 3.05) is 25.0 Å². The number of benzene rings is 2. The number of carbonyl (C=O) groups is 1. The van der Waals surface area contributed by atoms with E-state index in [0.717, 1.165) is 48.7 Å². The van der Waals surface area contributed by atoms with Crippen LogP contribution in [-0.4, -0.2) is 31.5 Å². The summed E-state index contributed by atoms with van der Waals surface area (Å²) < 4.78 is 13.2. The van der Waals surface area contributed by atoms with E-state index in [0.29, 0.717) is 6.54 Å². The van der Waals surface area contributed by atoms with Gasteiger partial charge in [0.1, 0.15) is 5.82 Å². The first kappa shape index (κ1) is 21.4. The lowest BCUT2D eigenvalue weighted by atomic mass is 10.1. The van der Waals surface area contributed by atoms with E-state index >= 15 is 0 Å². The van der Waals surface area contributed by atoms with E-state index in [4.69, 9.17) is 0 Å². The van der Waals surface area contributed by atoms with Crippen molar-refractivity contribution in [2.24, 2.45) is 4.99 Å². The SMILES string of the molecule is CCNC(=NCCc1ccc(F)cc1C)NCCc1ccc(NC(C)=O)cc1. The van der Waals surface area contributed by atoms with Crippen LogP contribution in [0.3, 0.4) is 0 Å². The molecule has 2 aromatic carbocycles. The monoisotopic (exact) mass is 384 g/mol. The molecule has 0 aliphatic rings. The van der Waals surface area contributed by atoms with E-state index in [1.807, 2.05) is 44.2 Å². The zero-order chi connectivity index (χ0) is 20.4. The summed E-state index contributed by atoms with van der Waals surface area (Å²) in [5.41, 5.74) is 4.05. The molecule has 1 amide bonds. The smallest absolute Gasteiger partial charge is 0.221 e. The van der Waals surface area contributed by atoms with Gasteiger partial charge >= 0.3 is 0 Å². The Morgan fingerprint density at radius 2 is 1.82 bits per heavy atom. The van der Waals surface area contributed by atoms with Gasteiger partial charge in [0.15, 0.2) is 5.96 Å². The average Bonchev–Trinajstić information content (AvgIpc) is 2.64. The fraction of sp³-hybridized carbons (Fsp3) is 0.364. The van der Waals surface area contributed by atoms with Crippen LogP contribution in [0.5, 0.6) is 0 Å². The molecule has 0 spiro atoms. The molecule has 0 unspecified atom stereocenters. The van der Waals surface area contributed by atoms with Crippen LogP contribution in [0.25, 0.3) is 0 Å². The summed E-state index contributed by atoms with van der Waals surface area (Å²) >= 11 is 0. The van der Waals surface area contributed by atoms with Crippen molar-refractivity contribution in [1.29, 1.82) is 0 Å². The summed E-state index contributed by atoms with van der Waals surface area (Å²) in [4.78, 5) is 15.7. The Hall–Kier alpha value is -2.89. The van der Waals surface area contributed by atoms with Gasteiger partial charge in [-0.3, -0.25) is 9.79 Å². The van der Waals surface area contributed by atoms with Gasteiger partial charge < -0.3 is 16.0 Å². The highest BCUT2D eigenvalue weighted by Crippen LogP contribution is 2.11. The van der Waals surface area contributed by atoms with Crippen molar-refractivity contribution >= 4 is 17.6 Å². The predicted molar refractivity (Wildman–Crippen MR) is 113 cm³/mol. The maximum atomic E-state index is 13.2. The van der Waals surface area contributed by atoms with Gasteiger partial charge in [0, 0.05) is 32.2 Å². The fourth-order valence-electron chi connectivity index (χ4n) is 2.85. The Balaban J connectivity index is 1.82. The predicted octanol–water partition coefficient (Wildman–Crippen LogP) is 3.43. The summed E-state index contributed by atoms with van der Waals surface area (Å²) in [7, 11) is 0. The zero-order valence-electron chi connectivity index (χ0n) is 16.8. The first-order valence-corrected chi connectivity index (χ1v) is 9.61. The highest BCUT2D eigenvalue weighted by molar-refractivity contribution is 5.88. The molecule has 5 nitrogen and oxygen atoms in total. The van der Waals surface area contributed by atoms with Crippen LogP contribution >= 0.6 is 0 Å². The second kappa shape index (κ2) is 11.1. The number of halogens is 1. The molecule has 2 aromatic rings. The molecule has 0 aromatic heterocycles. The number of amides is 1. The number of hydrogen-bond donors (Lipinski definition) is 3.